The second-order valence-corrected chi connectivity index (χ2v) is 16.8. The summed E-state index contributed by atoms with van der Waals surface area (Å²) in [6, 6.07) is 35.7. The molecule has 0 aliphatic rings. The molecule has 56 heavy (non-hydrogen) atoms. The second-order valence-electron chi connectivity index (χ2n) is 15.6. The van der Waals surface area contributed by atoms with Crippen molar-refractivity contribution >= 4 is 61.2 Å². The molecule has 6 aromatic carbocycles. The van der Waals surface area contributed by atoms with Crippen molar-refractivity contribution in [2.45, 2.75) is 52.4 Å². The SMILES string of the molecule is COc1cc(-c2cc(OC)cc(C(C)(C)C)c2Oc2cccc3o[pH]oc4ccccc4c23)c(Oc2cccc3o[pH]oc4ccccc4c23)c(C(C)(C)C)c1. The van der Waals surface area contributed by atoms with Gasteiger partial charge in [0.2, 0.25) is 17.3 Å². The lowest BCUT2D eigenvalue weighted by molar-refractivity contribution is 0.406. The highest BCUT2D eigenvalue weighted by Gasteiger charge is 2.31. The minimum absolute atomic E-state index is 0.198. The topological polar surface area (TPSA) is 89.5 Å². The normalized spacial score (nSPS) is 12.2. The van der Waals surface area contributed by atoms with Crippen molar-refractivity contribution in [3.05, 3.63) is 120 Å². The van der Waals surface area contributed by atoms with E-state index in [4.69, 9.17) is 35.7 Å². The van der Waals surface area contributed by atoms with Gasteiger partial charge >= 0.3 is 0 Å². The Morgan fingerprint density at radius 2 is 0.821 bits per heavy atom. The minimum Gasteiger partial charge on any atom is -0.497 e. The smallest absolute Gasteiger partial charge is 0.201 e. The van der Waals surface area contributed by atoms with E-state index in [1.54, 1.807) is 14.2 Å². The fourth-order valence-corrected chi connectivity index (χ4v) is 8.17. The van der Waals surface area contributed by atoms with Crippen LogP contribution in [0.1, 0.15) is 52.7 Å². The molecule has 8 nitrogen and oxygen atoms in total. The standard InChI is InChI=1S/C46H44O8P2/c1-45(2,3)33-25-27(47-7)23-31(43(33)49-37-19-13-21-39-41(37)29-15-9-11-17-35(29)51-55-53-39)32-24-28(48-8)26-34(46(4,5)6)44(32)50-38-20-14-22-40-42(38)30-16-10-12-18-36(30)52-56-54-40/h9-26,55-56H,1-8H3. The number of ether oxygens (including phenoxy) is 4. The third-order valence-electron chi connectivity index (χ3n) is 9.82. The van der Waals surface area contributed by atoms with Gasteiger partial charge in [0.25, 0.3) is 0 Å². The zero-order valence-electron chi connectivity index (χ0n) is 32.7. The maximum Gasteiger partial charge on any atom is 0.201 e. The van der Waals surface area contributed by atoms with E-state index >= 15 is 0 Å². The predicted octanol–water partition coefficient (Wildman–Crippen LogP) is 14.8. The van der Waals surface area contributed by atoms with Gasteiger partial charge in [-0.3, -0.25) is 0 Å². The van der Waals surface area contributed by atoms with Gasteiger partial charge in [0.15, 0.2) is 0 Å². The molecule has 10 heteroatoms. The van der Waals surface area contributed by atoms with Gasteiger partial charge < -0.3 is 35.7 Å². The van der Waals surface area contributed by atoms with Crippen molar-refractivity contribution in [2.24, 2.45) is 0 Å². The number of methoxy groups -OCH3 is 2. The predicted molar refractivity (Wildman–Crippen MR) is 229 cm³/mol. The molecule has 0 bridgehead atoms. The summed E-state index contributed by atoms with van der Waals surface area (Å²) in [4.78, 5) is 0. The van der Waals surface area contributed by atoms with Gasteiger partial charge in [-0.25, -0.2) is 0 Å². The highest BCUT2D eigenvalue weighted by atomic mass is 31.1. The zero-order chi connectivity index (χ0) is 39.2. The largest absolute Gasteiger partial charge is 0.497 e. The Morgan fingerprint density at radius 1 is 0.446 bits per heavy atom. The molecule has 8 rings (SSSR count). The lowest BCUT2D eigenvalue weighted by atomic mass is 9.81. The first-order valence-electron chi connectivity index (χ1n) is 18.4. The van der Waals surface area contributed by atoms with Crippen LogP contribution in [0.3, 0.4) is 0 Å². The van der Waals surface area contributed by atoms with E-state index in [0.29, 0.717) is 45.7 Å². The summed E-state index contributed by atoms with van der Waals surface area (Å²) in [7, 11) is 2.97. The highest BCUT2D eigenvalue weighted by Crippen LogP contribution is 2.52. The van der Waals surface area contributed by atoms with Gasteiger partial charge in [0.1, 0.15) is 56.8 Å². The van der Waals surface area contributed by atoms with E-state index in [0.717, 1.165) is 55.0 Å². The number of fused-ring (bicyclic) bond motifs is 6. The van der Waals surface area contributed by atoms with E-state index < -0.39 is 0 Å². The van der Waals surface area contributed by atoms with Crippen LogP contribution in [0.5, 0.6) is 34.5 Å². The van der Waals surface area contributed by atoms with Crippen LogP contribution < -0.4 is 18.9 Å². The van der Waals surface area contributed by atoms with E-state index in [2.05, 4.69) is 41.5 Å². The molecular formula is C46H44O8P2. The van der Waals surface area contributed by atoms with Crippen molar-refractivity contribution in [1.82, 2.24) is 0 Å². The van der Waals surface area contributed by atoms with Gasteiger partial charge in [-0.2, -0.15) is 0 Å². The van der Waals surface area contributed by atoms with Gasteiger partial charge in [-0.05, 0) is 71.5 Å². The Bertz CT molecular complexity index is 2630. The van der Waals surface area contributed by atoms with E-state index in [9.17, 15) is 0 Å². The fraction of sp³-hybridized carbons (Fsp3) is 0.217. The van der Waals surface area contributed by atoms with Crippen LogP contribution in [0.15, 0.2) is 126 Å². The van der Waals surface area contributed by atoms with Crippen LogP contribution in [-0.2, 0) is 10.8 Å². The number of para-hydroxylation sites is 2. The molecule has 8 aromatic rings. The molecule has 0 aliphatic carbocycles. The van der Waals surface area contributed by atoms with Crippen molar-refractivity contribution in [2.75, 3.05) is 14.2 Å². The second kappa shape index (κ2) is 14.8. The first-order valence-corrected chi connectivity index (χ1v) is 20.0. The lowest BCUT2D eigenvalue weighted by Crippen LogP contribution is -2.15. The maximum atomic E-state index is 7.27. The molecule has 0 spiro atoms. The molecule has 2 aromatic heterocycles. The van der Waals surface area contributed by atoms with Crippen LogP contribution in [0, 0.1) is 0 Å². The Balaban J connectivity index is 1.46. The summed E-state index contributed by atoms with van der Waals surface area (Å²) in [6.07, 6.45) is 0. The van der Waals surface area contributed by atoms with Gasteiger partial charge in [-0.15, -0.1) is 0 Å². The van der Waals surface area contributed by atoms with Crippen molar-refractivity contribution < 1.29 is 35.7 Å². The maximum absolute atomic E-state index is 7.27. The number of rotatable bonds is 7. The van der Waals surface area contributed by atoms with E-state index in [1.165, 1.54) is 0 Å². The average Bonchev–Trinajstić information content (AvgIpc) is 3.50. The molecule has 2 heterocycles. The third kappa shape index (κ3) is 7.00. The number of hydrogen-bond acceptors (Lipinski definition) is 8. The highest BCUT2D eigenvalue weighted by molar-refractivity contribution is 7.15. The molecule has 0 saturated carbocycles. The summed E-state index contributed by atoms with van der Waals surface area (Å²) in [5.41, 5.74) is 5.43. The van der Waals surface area contributed by atoms with Gasteiger partial charge in [0.05, 0.1) is 25.0 Å². The Kier molecular flexibility index (Phi) is 9.82. The van der Waals surface area contributed by atoms with Crippen molar-refractivity contribution in [1.29, 1.82) is 0 Å². The number of benzene rings is 6. The van der Waals surface area contributed by atoms with Gasteiger partial charge in [-0.1, -0.05) is 90.1 Å². The minimum atomic E-state index is -0.380. The molecule has 0 fully saturated rings. The molecule has 0 saturated heterocycles. The molecule has 2 atom stereocenters. The van der Waals surface area contributed by atoms with E-state index in [-0.39, 0.29) is 28.2 Å². The summed E-state index contributed by atoms with van der Waals surface area (Å²) in [6.45, 7) is 13.0. The average molecular weight is 787 g/mol. The molecule has 0 amide bonds. The summed E-state index contributed by atoms with van der Waals surface area (Å²) in [5, 5.41) is 3.38. The monoisotopic (exact) mass is 786 g/mol. The Labute approximate surface area is 328 Å². The molecule has 0 aliphatic heterocycles. The fourth-order valence-electron chi connectivity index (χ4n) is 7.03. The van der Waals surface area contributed by atoms with Crippen LogP contribution in [0.2, 0.25) is 0 Å². The van der Waals surface area contributed by atoms with Crippen molar-refractivity contribution in [3.63, 3.8) is 0 Å². The Hall–Kier alpha value is -5.68. The van der Waals surface area contributed by atoms with Crippen LogP contribution >= 0.6 is 17.3 Å². The van der Waals surface area contributed by atoms with Gasteiger partial charge in [0, 0.05) is 33.0 Å². The molecule has 2 unspecified atom stereocenters. The van der Waals surface area contributed by atoms with Crippen LogP contribution in [0.25, 0.3) is 55.0 Å². The lowest BCUT2D eigenvalue weighted by Gasteiger charge is -2.29. The van der Waals surface area contributed by atoms with Crippen LogP contribution in [0.4, 0.5) is 0 Å². The molecule has 0 radical (unpaired) electrons. The zero-order valence-corrected chi connectivity index (χ0v) is 34.7. The van der Waals surface area contributed by atoms with Crippen molar-refractivity contribution in [3.8, 4) is 45.6 Å². The number of hydrogen-bond donors (Lipinski definition) is 0. The third-order valence-corrected chi connectivity index (χ3v) is 11.0. The van der Waals surface area contributed by atoms with E-state index in [1.807, 2.05) is 109 Å². The molecule has 0 N–H and O–H groups in total. The molecule has 286 valence electrons. The summed E-state index contributed by atoms with van der Waals surface area (Å²) in [5.74, 6) is 3.87. The summed E-state index contributed by atoms with van der Waals surface area (Å²) >= 11 is 0. The van der Waals surface area contributed by atoms with Crippen LogP contribution in [-0.4, -0.2) is 14.2 Å². The Morgan fingerprint density at radius 3 is 1.21 bits per heavy atom. The quantitative estimate of drug-likeness (QED) is 0.158. The molecular weight excluding hydrogens is 742 g/mol. The first-order chi connectivity index (χ1) is 26.9. The first kappa shape index (κ1) is 37.3. The summed E-state index contributed by atoms with van der Waals surface area (Å²) < 4.78 is 51.0.